The molecule has 1 atom stereocenters. The Balaban J connectivity index is 4.02. The van der Waals surface area contributed by atoms with Gasteiger partial charge < -0.3 is 15.9 Å². The third-order valence-corrected chi connectivity index (χ3v) is 1.27. The lowest BCUT2D eigenvalue weighted by Crippen LogP contribution is -2.24. The number of aliphatic hydroxyl groups excluding tert-OH is 2. The van der Waals surface area contributed by atoms with Gasteiger partial charge in [-0.15, -0.1) is 0 Å². The van der Waals surface area contributed by atoms with E-state index in [0.29, 0.717) is 0 Å². The van der Waals surface area contributed by atoms with Gasteiger partial charge in [0.2, 0.25) is 5.78 Å². The van der Waals surface area contributed by atoms with Crippen molar-refractivity contribution in [2.75, 3.05) is 6.54 Å². The Bertz CT molecular complexity index is 165. The van der Waals surface area contributed by atoms with Gasteiger partial charge in [-0.2, -0.15) is 0 Å². The first-order chi connectivity index (χ1) is 5.13. The van der Waals surface area contributed by atoms with Crippen molar-refractivity contribution in [3.8, 4) is 0 Å². The summed E-state index contributed by atoms with van der Waals surface area (Å²) in [6.45, 7) is 1.74. The van der Waals surface area contributed by atoms with Crippen molar-refractivity contribution in [3.05, 3.63) is 11.8 Å². The van der Waals surface area contributed by atoms with E-state index in [1.54, 1.807) is 0 Å². The van der Waals surface area contributed by atoms with Gasteiger partial charge in [0.25, 0.3) is 0 Å². The summed E-state index contributed by atoms with van der Waals surface area (Å²) in [5, 5.41) is 17.8. The molecular formula is C7H13NO3. The number of carbonyl (C=O) groups is 1. The fourth-order valence-electron chi connectivity index (χ4n) is 0.602. The minimum atomic E-state index is -1.17. The molecule has 0 heterocycles. The van der Waals surface area contributed by atoms with Crippen molar-refractivity contribution >= 4 is 5.78 Å². The number of carbonyl (C=O) groups excluding carboxylic acids is 1. The molecular weight excluding hydrogens is 146 g/mol. The van der Waals surface area contributed by atoms with Gasteiger partial charge in [-0.05, 0) is 26.0 Å². The summed E-state index contributed by atoms with van der Waals surface area (Å²) in [6.07, 6.45) is 0.245. The van der Waals surface area contributed by atoms with Crippen LogP contribution in [0.1, 0.15) is 13.3 Å². The van der Waals surface area contributed by atoms with Crippen LogP contribution in [-0.4, -0.2) is 28.6 Å². The molecule has 0 radical (unpaired) electrons. The van der Waals surface area contributed by atoms with Gasteiger partial charge in [-0.3, -0.25) is 4.79 Å². The standard InChI is InChI=1S/C7H13NO3/c1-2-5(9)7(11)6(10)3-4-8/h2,6,9-10H,3-4,8H2,1H3. The Kier molecular flexibility index (Phi) is 4.49. The predicted molar refractivity (Wildman–Crippen MR) is 41.1 cm³/mol. The van der Waals surface area contributed by atoms with E-state index >= 15 is 0 Å². The van der Waals surface area contributed by atoms with Gasteiger partial charge in [0.15, 0.2) is 5.76 Å². The molecule has 0 aliphatic heterocycles. The van der Waals surface area contributed by atoms with Crippen molar-refractivity contribution in [3.63, 3.8) is 0 Å². The summed E-state index contributed by atoms with van der Waals surface area (Å²) >= 11 is 0. The summed E-state index contributed by atoms with van der Waals surface area (Å²) in [7, 11) is 0. The lowest BCUT2D eigenvalue weighted by molar-refractivity contribution is -0.126. The molecule has 4 heteroatoms. The quantitative estimate of drug-likeness (QED) is 0.389. The molecule has 0 aliphatic rings. The minimum absolute atomic E-state index is 0.177. The molecule has 4 nitrogen and oxygen atoms in total. The van der Waals surface area contributed by atoms with E-state index in [9.17, 15) is 4.79 Å². The van der Waals surface area contributed by atoms with Crippen molar-refractivity contribution < 1.29 is 15.0 Å². The second-order valence-electron chi connectivity index (χ2n) is 2.13. The molecule has 0 fully saturated rings. The zero-order valence-electron chi connectivity index (χ0n) is 6.45. The largest absolute Gasteiger partial charge is 0.505 e. The Morgan fingerprint density at radius 3 is 2.64 bits per heavy atom. The number of allylic oxidation sites excluding steroid dienone is 1. The summed E-state index contributed by atoms with van der Waals surface area (Å²) in [6, 6.07) is 0. The minimum Gasteiger partial charge on any atom is -0.505 e. The highest BCUT2D eigenvalue weighted by Crippen LogP contribution is 1.99. The molecule has 0 saturated carbocycles. The van der Waals surface area contributed by atoms with Crippen LogP contribution in [0.4, 0.5) is 0 Å². The molecule has 1 unspecified atom stereocenters. The van der Waals surface area contributed by atoms with E-state index < -0.39 is 17.6 Å². The number of rotatable bonds is 4. The number of hydrogen-bond acceptors (Lipinski definition) is 4. The maximum atomic E-state index is 10.8. The lowest BCUT2D eigenvalue weighted by atomic mass is 10.1. The van der Waals surface area contributed by atoms with Gasteiger partial charge in [0.05, 0.1) is 0 Å². The lowest BCUT2D eigenvalue weighted by Gasteiger charge is -2.05. The summed E-state index contributed by atoms with van der Waals surface area (Å²) in [4.78, 5) is 10.8. The first kappa shape index (κ1) is 10.1. The topological polar surface area (TPSA) is 83.5 Å². The van der Waals surface area contributed by atoms with Gasteiger partial charge in [0.1, 0.15) is 6.10 Å². The summed E-state index contributed by atoms with van der Waals surface area (Å²) in [5.41, 5.74) is 5.10. The smallest absolute Gasteiger partial charge is 0.225 e. The average molecular weight is 159 g/mol. The Labute approximate surface area is 65.3 Å². The molecule has 64 valence electrons. The zero-order chi connectivity index (χ0) is 8.85. The third kappa shape index (κ3) is 3.15. The molecule has 0 aromatic rings. The molecule has 0 rings (SSSR count). The fourth-order valence-corrected chi connectivity index (χ4v) is 0.602. The van der Waals surface area contributed by atoms with Gasteiger partial charge in [0, 0.05) is 0 Å². The Morgan fingerprint density at radius 2 is 2.27 bits per heavy atom. The number of hydrogen-bond donors (Lipinski definition) is 3. The second kappa shape index (κ2) is 4.87. The number of Topliss-reactive ketones (excluding diaryl/α,β-unsaturated/α-hetero) is 1. The zero-order valence-corrected chi connectivity index (χ0v) is 6.45. The van der Waals surface area contributed by atoms with Crippen molar-refractivity contribution in [1.29, 1.82) is 0 Å². The highest BCUT2D eigenvalue weighted by Gasteiger charge is 2.16. The van der Waals surface area contributed by atoms with E-state index in [2.05, 4.69) is 0 Å². The number of aliphatic hydroxyl groups is 2. The second-order valence-corrected chi connectivity index (χ2v) is 2.13. The highest BCUT2D eigenvalue weighted by atomic mass is 16.3. The fraction of sp³-hybridized carbons (Fsp3) is 0.571. The molecule has 0 aliphatic carbocycles. The van der Waals surface area contributed by atoms with Crippen LogP contribution < -0.4 is 5.73 Å². The monoisotopic (exact) mass is 159 g/mol. The van der Waals surface area contributed by atoms with Crippen LogP contribution in [0.3, 0.4) is 0 Å². The molecule has 0 spiro atoms. The van der Waals surface area contributed by atoms with E-state index in [-0.39, 0.29) is 13.0 Å². The predicted octanol–water partition coefficient (Wildman–Crippen LogP) is -0.273. The van der Waals surface area contributed by atoms with Gasteiger partial charge in [-0.1, -0.05) is 0 Å². The molecule has 4 N–H and O–H groups in total. The molecule has 0 aromatic carbocycles. The maximum absolute atomic E-state index is 10.8. The van der Waals surface area contributed by atoms with Crippen LogP contribution in [0.25, 0.3) is 0 Å². The van der Waals surface area contributed by atoms with Crippen LogP contribution in [-0.2, 0) is 4.79 Å². The van der Waals surface area contributed by atoms with Crippen LogP contribution in [0.15, 0.2) is 11.8 Å². The Hall–Kier alpha value is -0.870. The first-order valence-corrected chi connectivity index (χ1v) is 3.41. The number of nitrogens with two attached hydrogens (primary N) is 1. The SMILES string of the molecule is CC=C(O)C(=O)C(O)CCN. The van der Waals surface area contributed by atoms with Crippen molar-refractivity contribution in [2.24, 2.45) is 5.73 Å². The summed E-state index contributed by atoms with van der Waals surface area (Å²) < 4.78 is 0. The van der Waals surface area contributed by atoms with Crippen molar-refractivity contribution in [2.45, 2.75) is 19.4 Å². The molecule has 11 heavy (non-hydrogen) atoms. The van der Waals surface area contributed by atoms with E-state index in [0.717, 1.165) is 0 Å². The average Bonchev–Trinajstić information content (AvgIpc) is 2.02. The third-order valence-electron chi connectivity index (χ3n) is 1.27. The Morgan fingerprint density at radius 1 is 1.73 bits per heavy atom. The summed E-state index contributed by atoms with van der Waals surface area (Å²) in [5.74, 6) is -1.08. The van der Waals surface area contributed by atoms with Crippen LogP contribution in [0, 0.1) is 0 Å². The van der Waals surface area contributed by atoms with E-state index in [4.69, 9.17) is 15.9 Å². The maximum Gasteiger partial charge on any atom is 0.225 e. The molecule has 0 bridgehead atoms. The first-order valence-electron chi connectivity index (χ1n) is 3.41. The van der Waals surface area contributed by atoms with Crippen LogP contribution in [0.5, 0.6) is 0 Å². The van der Waals surface area contributed by atoms with Gasteiger partial charge >= 0.3 is 0 Å². The number of ketones is 1. The van der Waals surface area contributed by atoms with E-state index in [1.165, 1.54) is 13.0 Å². The van der Waals surface area contributed by atoms with Gasteiger partial charge in [-0.25, -0.2) is 0 Å². The van der Waals surface area contributed by atoms with E-state index in [1.807, 2.05) is 0 Å². The van der Waals surface area contributed by atoms with Crippen molar-refractivity contribution in [1.82, 2.24) is 0 Å². The molecule has 0 amide bonds. The highest BCUT2D eigenvalue weighted by molar-refractivity contribution is 5.96. The van der Waals surface area contributed by atoms with Crippen LogP contribution in [0.2, 0.25) is 0 Å². The van der Waals surface area contributed by atoms with Crippen LogP contribution >= 0.6 is 0 Å². The molecule has 0 saturated heterocycles. The normalized spacial score (nSPS) is 14.6. The molecule has 0 aromatic heterocycles.